The molecule has 126 valence electrons. The molecule has 1 aliphatic carbocycles. The summed E-state index contributed by atoms with van der Waals surface area (Å²) in [7, 11) is -1.42. The van der Waals surface area contributed by atoms with Crippen molar-refractivity contribution in [2.45, 2.75) is 38.9 Å². The minimum Gasteiger partial charge on any atom is -0.256 e. The van der Waals surface area contributed by atoms with E-state index in [-0.39, 0.29) is 5.41 Å². The van der Waals surface area contributed by atoms with Gasteiger partial charge in [-0.3, -0.25) is 4.98 Å². The van der Waals surface area contributed by atoms with Crippen LogP contribution in [0, 0.1) is 0 Å². The molecule has 0 N–H and O–H groups in total. The Balaban J connectivity index is 1.95. The van der Waals surface area contributed by atoms with Gasteiger partial charge in [0.15, 0.2) is 0 Å². The van der Waals surface area contributed by atoms with Crippen molar-refractivity contribution in [2.24, 2.45) is 0 Å². The fourth-order valence-corrected chi connectivity index (χ4v) is 5.96. The molecule has 0 amide bonds. The SMILES string of the molecule is CC1(C)c2cc(-c3ccccc3)ncc2-c2cccc([Si](C)(C)C)c21. The summed E-state index contributed by atoms with van der Waals surface area (Å²) in [5, 5.41) is 1.58. The van der Waals surface area contributed by atoms with Crippen LogP contribution in [0.4, 0.5) is 0 Å². The first kappa shape index (κ1) is 16.3. The van der Waals surface area contributed by atoms with Crippen LogP contribution in [-0.4, -0.2) is 13.1 Å². The molecule has 1 aromatic heterocycles. The lowest BCUT2D eigenvalue weighted by Gasteiger charge is -2.29. The van der Waals surface area contributed by atoms with Gasteiger partial charge < -0.3 is 0 Å². The van der Waals surface area contributed by atoms with Crippen molar-refractivity contribution in [2.75, 3.05) is 0 Å². The van der Waals surface area contributed by atoms with Crippen molar-refractivity contribution in [3.05, 3.63) is 71.9 Å². The van der Waals surface area contributed by atoms with Crippen LogP contribution in [0.25, 0.3) is 22.4 Å². The topological polar surface area (TPSA) is 12.9 Å². The van der Waals surface area contributed by atoms with Crippen LogP contribution in [0.1, 0.15) is 25.0 Å². The van der Waals surface area contributed by atoms with Crippen molar-refractivity contribution in [1.29, 1.82) is 0 Å². The summed E-state index contributed by atoms with van der Waals surface area (Å²) in [4.78, 5) is 4.79. The van der Waals surface area contributed by atoms with E-state index in [1.54, 1.807) is 5.19 Å². The maximum Gasteiger partial charge on any atom is 0.0780 e. The van der Waals surface area contributed by atoms with Crippen LogP contribution >= 0.6 is 0 Å². The fourth-order valence-electron chi connectivity index (χ4n) is 4.16. The number of rotatable bonds is 2. The highest BCUT2D eigenvalue weighted by atomic mass is 28.3. The maximum absolute atomic E-state index is 4.79. The van der Waals surface area contributed by atoms with Gasteiger partial charge in [0, 0.05) is 22.7 Å². The quantitative estimate of drug-likeness (QED) is 0.552. The van der Waals surface area contributed by atoms with Crippen molar-refractivity contribution in [3.63, 3.8) is 0 Å². The highest BCUT2D eigenvalue weighted by Crippen LogP contribution is 2.48. The summed E-state index contributed by atoms with van der Waals surface area (Å²) < 4.78 is 0. The molecule has 0 saturated heterocycles. The third kappa shape index (κ3) is 2.47. The molecule has 1 heterocycles. The van der Waals surface area contributed by atoms with Crippen LogP contribution in [-0.2, 0) is 5.41 Å². The molecule has 3 aromatic rings. The van der Waals surface area contributed by atoms with Gasteiger partial charge in [-0.15, -0.1) is 0 Å². The van der Waals surface area contributed by atoms with Gasteiger partial charge in [0.25, 0.3) is 0 Å². The molecule has 0 bridgehead atoms. The van der Waals surface area contributed by atoms with Crippen molar-refractivity contribution >= 4 is 13.3 Å². The fraction of sp³-hybridized carbons (Fsp3) is 0.261. The molecule has 0 unspecified atom stereocenters. The Morgan fingerprint density at radius 3 is 2.24 bits per heavy atom. The predicted molar refractivity (Wildman–Crippen MR) is 110 cm³/mol. The smallest absolute Gasteiger partial charge is 0.0780 e. The summed E-state index contributed by atoms with van der Waals surface area (Å²) in [6.07, 6.45) is 2.08. The van der Waals surface area contributed by atoms with Crippen LogP contribution in [0.15, 0.2) is 60.8 Å². The molecule has 0 atom stereocenters. The maximum atomic E-state index is 4.79. The van der Waals surface area contributed by atoms with Gasteiger partial charge in [-0.05, 0) is 22.8 Å². The van der Waals surface area contributed by atoms with Crippen LogP contribution < -0.4 is 5.19 Å². The molecule has 0 saturated carbocycles. The zero-order chi connectivity index (χ0) is 17.8. The van der Waals surface area contributed by atoms with E-state index in [1.807, 2.05) is 0 Å². The molecule has 0 radical (unpaired) electrons. The molecule has 0 aliphatic heterocycles. The second-order valence-corrected chi connectivity index (χ2v) is 13.6. The van der Waals surface area contributed by atoms with E-state index in [0.29, 0.717) is 0 Å². The Labute approximate surface area is 151 Å². The Hall–Kier alpha value is -2.19. The minimum atomic E-state index is -1.42. The van der Waals surface area contributed by atoms with Crippen LogP contribution in [0.2, 0.25) is 19.6 Å². The standard InChI is InChI=1S/C23H25NSi/c1-23(2)19-14-20(16-10-7-6-8-11-16)24-15-18(19)17-12-9-13-21(22(17)23)25(3,4)5/h6-15H,1-5H3. The summed E-state index contributed by atoms with van der Waals surface area (Å²) >= 11 is 0. The van der Waals surface area contributed by atoms with Gasteiger partial charge in [0.05, 0.1) is 13.8 Å². The van der Waals surface area contributed by atoms with E-state index in [1.165, 1.54) is 27.8 Å². The molecule has 25 heavy (non-hydrogen) atoms. The first-order valence-corrected chi connectivity index (χ1v) is 12.5. The Morgan fingerprint density at radius 2 is 1.56 bits per heavy atom. The Morgan fingerprint density at radius 1 is 0.840 bits per heavy atom. The first-order chi connectivity index (χ1) is 11.8. The third-order valence-electron chi connectivity index (χ3n) is 5.43. The molecular weight excluding hydrogens is 318 g/mol. The molecule has 1 aliphatic rings. The average Bonchev–Trinajstić information content (AvgIpc) is 2.82. The van der Waals surface area contributed by atoms with E-state index in [4.69, 9.17) is 4.98 Å². The van der Waals surface area contributed by atoms with Gasteiger partial charge >= 0.3 is 0 Å². The molecule has 4 rings (SSSR count). The number of aromatic nitrogens is 1. The van der Waals surface area contributed by atoms with Gasteiger partial charge in [-0.1, -0.05) is 87.2 Å². The van der Waals surface area contributed by atoms with Crippen molar-refractivity contribution in [1.82, 2.24) is 4.98 Å². The lowest BCUT2D eigenvalue weighted by molar-refractivity contribution is 0.663. The summed E-state index contributed by atoms with van der Waals surface area (Å²) in [6.45, 7) is 12.1. The van der Waals surface area contributed by atoms with Gasteiger partial charge in [0.2, 0.25) is 0 Å². The molecule has 2 aromatic carbocycles. The molecule has 2 heteroatoms. The van der Waals surface area contributed by atoms with Gasteiger partial charge in [-0.2, -0.15) is 0 Å². The Bertz CT molecular complexity index is 950. The zero-order valence-corrected chi connectivity index (χ0v) is 16.7. The lowest BCUT2D eigenvalue weighted by Crippen LogP contribution is -2.43. The van der Waals surface area contributed by atoms with Crippen LogP contribution in [0.5, 0.6) is 0 Å². The van der Waals surface area contributed by atoms with E-state index in [2.05, 4.69) is 94.3 Å². The Kier molecular flexibility index (Phi) is 3.52. The highest BCUT2D eigenvalue weighted by molar-refractivity contribution is 6.89. The molecular formula is C23H25NSi. The van der Waals surface area contributed by atoms with E-state index in [0.717, 1.165) is 5.69 Å². The van der Waals surface area contributed by atoms with E-state index in [9.17, 15) is 0 Å². The summed E-state index contributed by atoms with van der Waals surface area (Å²) in [6, 6.07) is 19.6. The second-order valence-electron chi connectivity index (χ2n) is 8.58. The summed E-state index contributed by atoms with van der Waals surface area (Å²) in [5.41, 5.74) is 7.89. The van der Waals surface area contributed by atoms with Gasteiger partial charge in [0.1, 0.15) is 0 Å². The lowest BCUT2D eigenvalue weighted by atomic mass is 9.82. The van der Waals surface area contributed by atoms with Crippen LogP contribution in [0.3, 0.4) is 0 Å². The molecule has 0 spiro atoms. The third-order valence-corrected chi connectivity index (χ3v) is 7.47. The average molecular weight is 344 g/mol. The number of pyridine rings is 1. The van der Waals surface area contributed by atoms with E-state index >= 15 is 0 Å². The highest BCUT2D eigenvalue weighted by Gasteiger charge is 2.40. The largest absolute Gasteiger partial charge is 0.256 e. The number of hydrogen-bond acceptors (Lipinski definition) is 1. The zero-order valence-electron chi connectivity index (χ0n) is 15.7. The second kappa shape index (κ2) is 5.40. The molecule has 0 fully saturated rings. The summed E-state index contributed by atoms with van der Waals surface area (Å²) in [5.74, 6) is 0. The number of hydrogen-bond donors (Lipinski definition) is 0. The van der Waals surface area contributed by atoms with Gasteiger partial charge in [-0.25, -0.2) is 0 Å². The first-order valence-electron chi connectivity index (χ1n) is 9.00. The number of nitrogens with zero attached hydrogens (tertiary/aromatic N) is 1. The number of benzene rings is 2. The number of fused-ring (bicyclic) bond motifs is 3. The molecule has 1 nitrogen and oxygen atoms in total. The van der Waals surface area contributed by atoms with Crippen molar-refractivity contribution < 1.29 is 0 Å². The predicted octanol–water partition coefficient (Wildman–Crippen LogP) is 5.60. The normalized spacial score (nSPS) is 14.9. The van der Waals surface area contributed by atoms with Crippen molar-refractivity contribution in [3.8, 4) is 22.4 Å². The van der Waals surface area contributed by atoms with E-state index < -0.39 is 8.07 Å². The minimum absolute atomic E-state index is 0.0218. The monoisotopic (exact) mass is 343 g/mol.